The summed E-state index contributed by atoms with van der Waals surface area (Å²) >= 11 is 0. The molecule has 2 heterocycles. The topological polar surface area (TPSA) is 86.8 Å². The maximum atomic E-state index is 12.9. The number of nitrogens with one attached hydrogen (secondary N) is 1. The summed E-state index contributed by atoms with van der Waals surface area (Å²) in [5.41, 5.74) is 2.71. The van der Waals surface area contributed by atoms with Crippen molar-refractivity contribution < 1.29 is 23.8 Å². The molecule has 1 aliphatic carbocycles. The van der Waals surface area contributed by atoms with E-state index in [4.69, 9.17) is 14.2 Å². The highest BCUT2D eigenvalue weighted by Gasteiger charge is 2.22. The Morgan fingerprint density at radius 1 is 1.19 bits per heavy atom. The lowest BCUT2D eigenvalue weighted by Crippen LogP contribution is -2.20. The number of rotatable bonds is 7. The molecule has 0 bridgehead atoms. The summed E-state index contributed by atoms with van der Waals surface area (Å²) in [5, 5.41) is 2.81. The average Bonchev–Trinajstić information content (AvgIpc) is 3.31. The number of aromatic nitrogens is 1. The molecule has 1 atom stereocenters. The quantitative estimate of drug-likeness (QED) is 0.678. The van der Waals surface area contributed by atoms with E-state index in [1.54, 1.807) is 25.1 Å². The molecule has 1 fully saturated rings. The predicted molar refractivity (Wildman–Crippen MR) is 116 cm³/mol. The first-order valence-electron chi connectivity index (χ1n) is 11.0. The van der Waals surface area contributed by atoms with E-state index in [2.05, 4.69) is 10.3 Å². The Bertz CT molecular complexity index is 953. The van der Waals surface area contributed by atoms with Gasteiger partial charge in [-0.25, -0.2) is 9.78 Å². The Morgan fingerprint density at radius 3 is 2.87 bits per heavy atom. The van der Waals surface area contributed by atoms with E-state index in [0.717, 1.165) is 56.4 Å². The fourth-order valence-corrected chi connectivity index (χ4v) is 3.97. The number of amides is 1. The minimum Gasteiger partial charge on any atom is -0.491 e. The third-order valence-electron chi connectivity index (χ3n) is 5.58. The third kappa shape index (κ3) is 5.22. The zero-order chi connectivity index (χ0) is 21.6. The van der Waals surface area contributed by atoms with Crippen LogP contribution in [-0.4, -0.2) is 42.8 Å². The Labute approximate surface area is 182 Å². The summed E-state index contributed by atoms with van der Waals surface area (Å²) < 4.78 is 16.6. The zero-order valence-corrected chi connectivity index (χ0v) is 17.8. The summed E-state index contributed by atoms with van der Waals surface area (Å²) in [5.74, 6) is 0.0191. The van der Waals surface area contributed by atoms with Crippen molar-refractivity contribution in [2.45, 2.75) is 51.6 Å². The number of aryl methyl sites for hydroxylation is 2. The number of ether oxygens (including phenoxy) is 3. The van der Waals surface area contributed by atoms with E-state index in [1.165, 1.54) is 0 Å². The number of esters is 1. The minimum absolute atomic E-state index is 0.101. The number of fused-ring (bicyclic) bond motifs is 1. The molecule has 7 nitrogen and oxygen atoms in total. The number of carbonyl (C=O) groups excluding carboxylic acids is 2. The Hall–Kier alpha value is -2.93. The highest BCUT2D eigenvalue weighted by Crippen LogP contribution is 2.26. The molecule has 164 valence electrons. The van der Waals surface area contributed by atoms with Crippen molar-refractivity contribution in [3.05, 3.63) is 52.7 Å². The largest absolute Gasteiger partial charge is 0.491 e. The van der Waals surface area contributed by atoms with Gasteiger partial charge in [-0.2, -0.15) is 0 Å². The van der Waals surface area contributed by atoms with Gasteiger partial charge in [0.05, 0.1) is 12.7 Å². The number of benzene rings is 1. The SMILES string of the molecule is CCOC(=O)c1cc2c(nc1NC(=O)c1cccc(OCC3CCCO3)c1)CCCC2. The molecule has 1 saturated heterocycles. The summed E-state index contributed by atoms with van der Waals surface area (Å²) in [4.78, 5) is 30.0. The number of pyridine rings is 1. The van der Waals surface area contributed by atoms with Gasteiger partial charge < -0.3 is 19.5 Å². The monoisotopic (exact) mass is 424 g/mol. The van der Waals surface area contributed by atoms with Crippen molar-refractivity contribution >= 4 is 17.7 Å². The number of anilines is 1. The van der Waals surface area contributed by atoms with Crippen molar-refractivity contribution in [1.29, 1.82) is 0 Å². The van der Waals surface area contributed by atoms with Gasteiger partial charge in [-0.1, -0.05) is 6.07 Å². The second kappa shape index (κ2) is 9.92. The molecule has 1 aromatic heterocycles. The number of hydrogen-bond acceptors (Lipinski definition) is 6. The maximum Gasteiger partial charge on any atom is 0.341 e. The van der Waals surface area contributed by atoms with Gasteiger partial charge >= 0.3 is 5.97 Å². The average molecular weight is 424 g/mol. The Morgan fingerprint density at radius 2 is 2.06 bits per heavy atom. The fraction of sp³-hybridized carbons (Fsp3) is 0.458. The van der Waals surface area contributed by atoms with Crippen molar-refractivity contribution in [1.82, 2.24) is 4.98 Å². The molecule has 0 spiro atoms. The van der Waals surface area contributed by atoms with Gasteiger partial charge in [0.2, 0.25) is 0 Å². The molecule has 7 heteroatoms. The second-order valence-corrected chi connectivity index (χ2v) is 7.85. The van der Waals surface area contributed by atoms with Crippen LogP contribution in [0.2, 0.25) is 0 Å². The molecule has 1 aromatic carbocycles. The van der Waals surface area contributed by atoms with Crippen molar-refractivity contribution in [2.24, 2.45) is 0 Å². The summed E-state index contributed by atoms with van der Waals surface area (Å²) in [7, 11) is 0. The maximum absolute atomic E-state index is 12.9. The standard InChI is InChI=1S/C24H28N2O5/c1-2-29-24(28)20-14-16-7-3-4-11-21(16)25-22(20)26-23(27)17-8-5-9-18(13-17)31-15-19-10-6-12-30-19/h5,8-9,13-14,19H,2-4,6-7,10-12,15H2,1H3,(H,25,26,27). The molecular formula is C24H28N2O5. The molecule has 1 unspecified atom stereocenters. The molecule has 4 rings (SSSR count). The molecule has 31 heavy (non-hydrogen) atoms. The van der Waals surface area contributed by atoms with Gasteiger partial charge in [0, 0.05) is 17.9 Å². The van der Waals surface area contributed by atoms with Gasteiger partial charge in [-0.3, -0.25) is 4.79 Å². The zero-order valence-electron chi connectivity index (χ0n) is 17.8. The van der Waals surface area contributed by atoms with Gasteiger partial charge in [0.15, 0.2) is 0 Å². The number of carbonyl (C=O) groups is 2. The van der Waals surface area contributed by atoms with Crippen LogP contribution in [0.4, 0.5) is 5.82 Å². The molecule has 1 N–H and O–H groups in total. The Kier molecular flexibility index (Phi) is 6.82. The molecule has 0 saturated carbocycles. The second-order valence-electron chi connectivity index (χ2n) is 7.85. The van der Waals surface area contributed by atoms with Gasteiger partial charge in [0.25, 0.3) is 5.91 Å². The van der Waals surface area contributed by atoms with Gasteiger partial charge in [0.1, 0.15) is 23.7 Å². The molecule has 2 aliphatic rings. The highest BCUT2D eigenvalue weighted by atomic mass is 16.5. The van der Waals surface area contributed by atoms with E-state index in [9.17, 15) is 9.59 Å². The van der Waals surface area contributed by atoms with Crippen LogP contribution in [0.25, 0.3) is 0 Å². The van der Waals surface area contributed by atoms with Crippen molar-refractivity contribution in [2.75, 3.05) is 25.1 Å². The van der Waals surface area contributed by atoms with E-state index in [0.29, 0.717) is 23.5 Å². The molecular weight excluding hydrogens is 396 g/mol. The van der Waals surface area contributed by atoms with Crippen LogP contribution >= 0.6 is 0 Å². The van der Waals surface area contributed by atoms with E-state index in [-0.39, 0.29) is 24.4 Å². The van der Waals surface area contributed by atoms with Gasteiger partial charge in [-0.05, 0) is 75.3 Å². The predicted octanol–water partition coefficient (Wildman–Crippen LogP) is 3.95. The third-order valence-corrected chi connectivity index (χ3v) is 5.58. The summed E-state index contributed by atoms with van der Waals surface area (Å²) in [6.45, 7) is 3.25. The van der Waals surface area contributed by atoms with E-state index >= 15 is 0 Å². The minimum atomic E-state index is -0.479. The first-order chi connectivity index (χ1) is 15.1. The summed E-state index contributed by atoms with van der Waals surface area (Å²) in [6.07, 6.45) is 5.98. The lowest BCUT2D eigenvalue weighted by Gasteiger charge is -2.18. The van der Waals surface area contributed by atoms with Crippen LogP contribution in [0.1, 0.15) is 64.6 Å². The number of nitrogens with zero attached hydrogens (tertiary/aromatic N) is 1. The van der Waals surface area contributed by atoms with Crippen LogP contribution in [-0.2, 0) is 22.3 Å². The lowest BCUT2D eigenvalue weighted by atomic mass is 9.94. The lowest BCUT2D eigenvalue weighted by molar-refractivity contribution is 0.0527. The smallest absolute Gasteiger partial charge is 0.341 e. The fourth-order valence-electron chi connectivity index (χ4n) is 3.97. The van der Waals surface area contributed by atoms with E-state index in [1.807, 2.05) is 12.1 Å². The molecule has 2 aromatic rings. The van der Waals surface area contributed by atoms with Crippen molar-refractivity contribution in [3.8, 4) is 5.75 Å². The van der Waals surface area contributed by atoms with Crippen molar-refractivity contribution in [3.63, 3.8) is 0 Å². The van der Waals surface area contributed by atoms with Gasteiger partial charge in [-0.15, -0.1) is 0 Å². The van der Waals surface area contributed by atoms with E-state index < -0.39 is 5.97 Å². The molecule has 1 aliphatic heterocycles. The van der Waals surface area contributed by atoms with Crippen LogP contribution in [0.5, 0.6) is 5.75 Å². The van der Waals surface area contributed by atoms with Crippen LogP contribution < -0.4 is 10.1 Å². The molecule has 1 amide bonds. The van der Waals surface area contributed by atoms with Crippen LogP contribution in [0.15, 0.2) is 30.3 Å². The molecule has 0 radical (unpaired) electrons. The Balaban J connectivity index is 1.52. The first kappa shape index (κ1) is 21.3. The first-order valence-corrected chi connectivity index (χ1v) is 11.0. The van der Waals surface area contributed by atoms with Crippen LogP contribution in [0.3, 0.4) is 0 Å². The number of hydrogen-bond donors (Lipinski definition) is 1. The normalized spacial score (nSPS) is 17.6. The summed E-state index contributed by atoms with van der Waals surface area (Å²) in [6, 6.07) is 8.79. The highest BCUT2D eigenvalue weighted by molar-refractivity contribution is 6.07. The van der Waals surface area contributed by atoms with Crippen LogP contribution in [0, 0.1) is 0 Å².